The van der Waals surface area contributed by atoms with Gasteiger partial charge in [0.2, 0.25) is 0 Å². The van der Waals surface area contributed by atoms with Crippen LogP contribution in [-0.4, -0.2) is 27.2 Å². The maximum absolute atomic E-state index is 13.3. The lowest BCUT2D eigenvalue weighted by atomic mass is 10.3. The van der Waals surface area contributed by atoms with Crippen LogP contribution in [0.3, 0.4) is 0 Å². The highest BCUT2D eigenvalue weighted by molar-refractivity contribution is 7.84. The number of nitrogens with zero attached hydrogens (tertiary/aromatic N) is 1. The zero-order valence-corrected chi connectivity index (χ0v) is 10.7. The van der Waals surface area contributed by atoms with Crippen LogP contribution in [0.1, 0.15) is 13.3 Å². The van der Waals surface area contributed by atoms with Gasteiger partial charge in [0.05, 0.1) is 5.02 Å². The monoisotopic (exact) mass is 264 g/mol. The zero-order chi connectivity index (χ0) is 12.1. The number of anilines is 1. The second-order valence-corrected chi connectivity index (χ2v) is 5.75. The van der Waals surface area contributed by atoms with Crippen LogP contribution in [0.25, 0.3) is 0 Å². The van der Waals surface area contributed by atoms with E-state index >= 15 is 0 Å². The first-order valence-corrected chi connectivity index (χ1v) is 6.87. The molecule has 1 aromatic heterocycles. The van der Waals surface area contributed by atoms with Crippen molar-refractivity contribution < 1.29 is 8.60 Å². The van der Waals surface area contributed by atoms with E-state index in [2.05, 4.69) is 10.3 Å². The molecule has 0 aliphatic heterocycles. The van der Waals surface area contributed by atoms with Crippen LogP contribution in [0, 0.1) is 5.82 Å². The van der Waals surface area contributed by atoms with Crippen molar-refractivity contribution in [3.05, 3.63) is 23.1 Å². The molecule has 1 rings (SSSR count). The average molecular weight is 265 g/mol. The van der Waals surface area contributed by atoms with Crippen LogP contribution in [0.2, 0.25) is 5.02 Å². The summed E-state index contributed by atoms with van der Waals surface area (Å²) in [5.74, 6) is -0.295. The summed E-state index contributed by atoms with van der Waals surface area (Å²) in [4.78, 5) is 3.83. The van der Waals surface area contributed by atoms with Gasteiger partial charge in [0.15, 0.2) is 11.6 Å². The van der Waals surface area contributed by atoms with Crippen LogP contribution in [0.4, 0.5) is 10.2 Å². The van der Waals surface area contributed by atoms with E-state index in [9.17, 15) is 8.60 Å². The quantitative estimate of drug-likeness (QED) is 0.888. The molecule has 0 aliphatic carbocycles. The average Bonchev–Trinajstić information content (AvgIpc) is 2.20. The van der Waals surface area contributed by atoms with Gasteiger partial charge in [0.25, 0.3) is 0 Å². The van der Waals surface area contributed by atoms with Crippen molar-refractivity contribution in [3.8, 4) is 0 Å². The van der Waals surface area contributed by atoms with Crippen molar-refractivity contribution in [2.75, 3.05) is 18.1 Å². The smallest absolute Gasteiger partial charge is 0.166 e. The summed E-state index contributed by atoms with van der Waals surface area (Å²) in [6.45, 7) is 2.43. The number of pyridine rings is 1. The molecular weight excluding hydrogens is 251 g/mol. The predicted octanol–water partition coefficient (Wildman–Crippen LogP) is 2.44. The Morgan fingerprint density at radius 3 is 2.94 bits per heavy atom. The lowest BCUT2D eigenvalue weighted by Gasteiger charge is -2.10. The highest BCUT2D eigenvalue weighted by Gasteiger charge is 2.07. The highest BCUT2D eigenvalue weighted by Crippen LogP contribution is 2.15. The molecular formula is C10H14ClFN2OS. The van der Waals surface area contributed by atoms with E-state index in [1.165, 1.54) is 12.3 Å². The summed E-state index contributed by atoms with van der Waals surface area (Å²) in [5.41, 5.74) is 0. The predicted molar refractivity (Wildman–Crippen MR) is 65.8 cm³/mol. The standard InChI is InChI=1S/C10H14ClFN2OS/c1-7(16(2)15)3-4-13-10-9(12)5-8(11)6-14-10/h5-7H,3-4H2,1-2H3,(H,13,14). The number of hydrogen-bond donors (Lipinski definition) is 1. The number of rotatable bonds is 5. The van der Waals surface area contributed by atoms with Crippen LogP contribution in [0.5, 0.6) is 0 Å². The topological polar surface area (TPSA) is 42.0 Å². The third-order valence-corrected chi connectivity index (χ3v) is 3.79. The molecule has 0 fully saturated rings. The van der Waals surface area contributed by atoms with E-state index in [1.54, 1.807) is 6.26 Å². The largest absolute Gasteiger partial charge is 0.368 e. The van der Waals surface area contributed by atoms with Gasteiger partial charge in [-0.05, 0) is 12.5 Å². The molecule has 0 aliphatic rings. The molecule has 0 amide bonds. The fraction of sp³-hybridized carbons (Fsp3) is 0.500. The summed E-state index contributed by atoms with van der Waals surface area (Å²) < 4.78 is 24.3. The molecule has 1 aromatic rings. The van der Waals surface area contributed by atoms with E-state index in [0.29, 0.717) is 13.0 Å². The Morgan fingerprint density at radius 1 is 1.69 bits per heavy atom. The van der Waals surface area contributed by atoms with Crippen LogP contribution < -0.4 is 5.32 Å². The first-order chi connectivity index (χ1) is 7.50. The van der Waals surface area contributed by atoms with Crippen molar-refractivity contribution in [2.45, 2.75) is 18.6 Å². The Morgan fingerprint density at radius 2 is 2.38 bits per heavy atom. The highest BCUT2D eigenvalue weighted by atomic mass is 35.5. The Bertz CT molecular complexity index is 389. The molecule has 0 bridgehead atoms. The van der Waals surface area contributed by atoms with Gasteiger partial charge in [-0.2, -0.15) is 0 Å². The summed E-state index contributed by atoms with van der Waals surface area (Å²) >= 11 is 5.57. The number of nitrogens with one attached hydrogen (secondary N) is 1. The number of hydrogen-bond acceptors (Lipinski definition) is 3. The van der Waals surface area contributed by atoms with Crippen LogP contribution >= 0.6 is 11.6 Å². The van der Waals surface area contributed by atoms with Crippen LogP contribution in [0.15, 0.2) is 12.3 Å². The molecule has 6 heteroatoms. The van der Waals surface area contributed by atoms with Crippen molar-refractivity contribution in [3.63, 3.8) is 0 Å². The summed E-state index contributed by atoms with van der Waals surface area (Å²) in [7, 11) is -0.852. The van der Waals surface area contributed by atoms with Gasteiger partial charge in [0.1, 0.15) is 0 Å². The third-order valence-electron chi connectivity index (χ3n) is 2.22. The maximum Gasteiger partial charge on any atom is 0.166 e. The molecule has 3 nitrogen and oxygen atoms in total. The Labute approximate surface area is 102 Å². The third kappa shape index (κ3) is 4.06. The van der Waals surface area contributed by atoms with E-state index in [4.69, 9.17) is 11.6 Å². The number of aromatic nitrogens is 1. The molecule has 1 N–H and O–H groups in total. The molecule has 16 heavy (non-hydrogen) atoms. The van der Waals surface area contributed by atoms with Crippen molar-refractivity contribution >= 4 is 28.2 Å². The van der Waals surface area contributed by atoms with Gasteiger partial charge < -0.3 is 5.32 Å². The summed E-state index contributed by atoms with van der Waals surface area (Å²) in [5, 5.41) is 3.20. The lowest BCUT2D eigenvalue weighted by Crippen LogP contribution is -2.15. The molecule has 2 unspecified atom stereocenters. The molecule has 2 atom stereocenters. The first kappa shape index (κ1) is 13.4. The normalized spacial score (nSPS) is 14.5. The lowest BCUT2D eigenvalue weighted by molar-refractivity contribution is 0.623. The zero-order valence-electron chi connectivity index (χ0n) is 9.17. The van der Waals surface area contributed by atoms with Gasteiger partial charge >= 0.3 is 0 Å². The number of halogens is 2. The van der Waals surface area contributed by atoms with E-state index in [-0.39, 0.29) is 16.1 Å². The van der Waals surface area contributed by atoms with Gasteiger partial charge in [-0.3, -0.25) is 4.21 Å². The van der Waals surface area contributed by atoms with Crippen LogP contribution in [-0.2, 0) is 10.8 Å². The molecule has 90 valence electrons. The van der Waals surface area contributed by atoms with Gasteiger partial charge in [-0.15, -0.1) is 0 Å². The second-order valence-electron chi connectivity index (χ2n) is 3.51. The Kier molecular flexibility index (Phi) is 5.15. The molecule has 0 saturated heterocycles. The van der Waals surface area contributed by atoms with E-state index in [0.717, 1.165) is 0 Å². The van der Waals surface area contributed by atoms with Gasteiger partial charge in [-0.25, -0.2) is 9.37 Å². The maximum atomic E-state index is 13.3. The molecule has 0 radical (unpaired) electrons. The van der Waals surface area contributed by atoms with Crippen molar-refractivity contribution in [1.82, 2.24) is 4.98 Å². The minimum absolute atomic E-state index is 0.0860. The fourth-order valence-corrected chi connectivity index (χ4v) is 1.70. The fourth-order valence-electron chi connectivity index (χ4n) is 1.10. The van der Waals surface area contributed by atoms with Crippen molar-refractivity contribution in [2.24, 2.45) is 0 Å². The minimum Gasteiger partial charge on any atom is -0.368 e. The minimum atomic E-state index is -0.852. The molecule has 0 saturated carbocycles. The Balaban J connectivity index is 2.46. The molecule has 1 heterocycles. The second kappa shape index (κ2) is 6.15. The molecule has 0 spiro atoms. The van der Waals surface area contributed by atoms with Gasteiger partial charge in [-0.1, -0.05) is 18.5 Å². The van der Waals surface area contributed by atoms with Gasteiger partial charge in [0, 0.05) is 35.0 Å². The van der Waals surface area contributed by atoms with E-state index in [1.807, 2.05) is 6.92 Å². The molecule has 0 aromatic carbocycles. The first-order valence-electron chi connectivity index (χ1n) is 4.88. The summed E-state index contributed by atoms with van der Waals surface area (Å²) in [6.07, 6.45) is 3.74. The van der Waals surface area contributed by atoms with E-state index < -0.39 is 16.6 Å². The Hall–Kier alpha value is -0.680. The SMILES string of the molecule is CC(CCNc1ncc(Cl)cc1F)S(C)=O. The summed E-state index contributed by atoms with van der Waals surface area (Å²) in [6, 6.07) is 1.21. The van der Waals surface area contributed by atoms with Crippen molar-refractivity contribution in [1.29, 1.82) is 0 Å².